The molecule has 0 radical (unpaired) electrons. The average Bonchev–Trinajstić information content (AvgIpc) is 2.66. The minimum atomic E-state index is -4.64. The van der Waals surface area contributed by atoms with Crippen molar-refractivity contribution in [3.8, 4) is 23.0 Å². The van der Waals surface area contributed by atoms with Gasteiger partial charge in [-0.15, -0.1) is 0 Å². The number of rotatable bonds is 4. The molecule has 0 aliphatic heterocycles. The summed E-state index contributed by atoms with van der Waals surface area (Å²) in [5.41, 5.74) is -0.181. The predicted octanol–water partition coefficient (Wildman–Crippen LogP) is 5.21. The molecule has 0 atom stereocenters. The van der Waals surface area contributed by atoms with Gasteiger partial charge in [-0.2, -0.15) is 13.2 Å². The summed E-state index contributed by atoms with van der Waals surface area (Å²) in [5.74, 6) is -1.86. The summed E-state index contributed by atoms with van der Waals surface area (Å²) in [6.45, 7) is 0. The molecule has 30 heavy (non-hydrogen) atoms. The fourth-order valence-corrected chi connectivity index (χ4v) is 2.60. The molecule has 0 saturated carbocycles. The van der Waals surface area contributed by atoms with E-state index >= 15 is 0 Å². The highest BCUT2D eigenvalue weighted by Crippen LogP contribution is 2.33. The Morgan fingerprint density at radius 2 is 1.40 bits per heavy atom. The molecule has 0 fully saturated rings. The zero-order valence-electron chi connectivity index (χ0n) is 15.2. The fraction of sp³-hybridized carbons (Fsp3) is 0.0455. The third-order valence-corrected chi connectivity index (χ3v) is 4.03. The summed E-state index contributed by atoms with van der Waals surface area (Å²) in [7, 11) is 0. The van der Waals surface area contributed by atoms with Crippen molar-refractivity contribution in [1.82, 2.24) is 0 Å². The summed E-state index contributed by atoms with van der Waals surface area (Å²) >= 11 is 0. The van der Waals surface area contributed by atoms with Crippen LogP contribution in [0.2, 0.25) is 0 Å². The minimum absolute atomic E-state index is 0.0802. The molecule has 3 aromatic carbocycles. The number of esters is 1. The van der Waals surface area contributed by atoms with Crippen molar-refractivity contribution >= 4 is 18.1 Å². The Morgan fingerprint density at radius 1 is 0.800 bits per heavy atom. The maximum Gasteiger partial charge on any atom is 0.416 e. The Morgan fingerprint density at radius 3 is 1.97 bits per heavy atom. The van der Waals surface area contributed by atoms with Gasteiger partial charge < -0.3 is 20.1 Å². The monoisotopic (exact) mass is 416 g/mol. The topological polar surface area (TPSA) is 87.0 Å². The molecule has 0 aromatic heterocycles. The molecule has 3 rings (SSSR count). The summed E-state index contributed by atoms with van der Waals surface area (Å²) in [6, 6.07) is 12.3. The number of aromatic hydroxyl groups is 3. The number of carbonyl (C=O) groups excluding carboxylic acids is 1. The Kier molecular flexibility index (Phi) is 5.68. The van der Waals surface area contributed by atoms with E-state index in [9.17, 15) is 33.3 Å². The molecular formula is C22H15F3O5. The van der Waals surface area contributed by atoms with Gasteiger partial charge in [0.1, 0.15) is 28.6 Å². The van der Waals surface area contributed by atoms with Crippen molar-refractivity contribution in [2.45, 2.75) is 6.18 Å². The molecule has 0 unspecified atom stereocenters. The zero-order valence-corrected chi connectivity index (χ0v) is 15.2. The molecule has 8 heteroatoms. The van der Waals surface area contributed by atoms with E-state index < -0.39 is 29.0 Å². The largest absolute Gasteiger partial charge is 0.508 e. The van der Waals surface area contributed by atoms with E-state index in [2.05, 4.69) is 0 Å². The molecular weight excluding hydrogens is 401 g/mol. The quantitative estimate of drug-likeness (QED) is 0.309. The van der Waals surface area contributed by atoms with Crippen molar-refractivity contribution in [1.29, 1.82) is 0 Å². The molecule has 3 N–H and O–H groups in total. The Balaban J connectivity index is 1.69. The molecule has 0 aliphatic rings. The van der Waals surface area contributed by atoms with Crippen molar-refractivity contribution in [3.63, 3.8) is 0 Å². The van der Waals surface area contributed by atoms with E-state index in [1.165, 1.54) is 30.3 Å². The molecule has 0 aliphatic carbocycles. The number of halogens is 3. The number of hydrogen-bond donors (Lipinski definition) is 3. The number of phenols is 3. The molecule has 0 amide bonds. The third-order valence-electron chi connectivity index (χ3n) is 4.03. The standard InChI is InChI=1S/C22H15F3O5/c23-22(24,25)15-5-8-19(20(28)11-15)21(29)30-18-6-3-13(4-7-18)1-2-14-9-16(26)12-17(27)10-14/h1-12,26-28H/b2-1+. The summed E-state index contributed by atoms with van der Waals surface area (Å²) in [5, 5.41) is 28.6. The second-order valence-corrected chi connectivity index (χ2v) is 6.30. The van der Waals surface area contributed by atoms with Gasteiger partial charge in [0.25, 0.3) is 0 Å². The first kappa shape index (κ1) is 20.8. The first-order chi connectivity index (χ1) is 14.1. The fourth-order valence-electron chi connectivity index (χ4n) is 2.60. The van der Waals surface area contributed by atoms with E-state index in [0.717, 1.165) is 11.6 Å². The van der Waals surface area contributed by atoms with E-state index in [0.29, 0.717) is 17.7 Å². The van der Waals surface area contributed by atoms with Gasteiger partial charge in [0.05, 0.1) is 5.56 Å². The third kappa shape index (κ3) is 5.11. The zero-order chi connectivity index (χ0) is 21.9. The predicted molar refractivity (Wildman–Crippen MR) is 103 cm³/mol. The van der Waals surface area contributed by atoms with Crippen LogP contribution in [-0.4, -0.2) is 21.3 Å². The van der Waals surface area contributed by atoms with Gasteiger partial charge in [0.15, 0.2) is 0 Å². The second-order valence-electron chi connectivity index (χ2n) is 6.30. The van der Waals surface area contributed by atoms with Gasteiger partial charge in [-0.1, -0.05) is 24.3 Å². The van der Waals surface area contributed by atoms with Crippen LogP contribution in [0.4, 0.5) is 13.2 Å². The first-order valence-electron chi connectivity index (χ1n) is 8.55. The van der Waals surface area contributed by atoms with Gasteiger partial charge in [-0.05, 0) is 53.6 Å². The molecule has 0 bridgehead atoms. The van der Waals surface area contributed by atoms with E-state index in [4.69, 9.17) is 4.74 Å². The maximum absolute atomic E-state index is 12.6. The molecule has 0 heterocycles. The van der Waals surface area contributed by atoms with Crippen molar-refractivity contribution in [3.05, 3.63) is 82.9 Å². The number of carbonyl (C=O) groups is 1. The summed E-state index contributed by atoms with van der Waals surface area (Å²) < 4.78 is 43.0. The van der Waals surface area contributed by atoms with Crippen LogP contribution in [0.15, 0.2) is 60.7 Å². The summed E-state index contributed by atoms with van der Waals surface area (Å²) in [6.07, 6.45) is -1.29. The number of benzene rings is 3. The summed E-state index contributed by atoms with van der Waals surface area (Å²) in [4.78, 5) is 12.1. The van der Waals surface area contributed by atoms with Crippen LogP contribution in [0.3, 0.4) is 0 Å². The van der Waals surface area contributed by atoms with Crippen molar-refractivity contribution in [2.24, 2.45) is 0 Å². The van der Waals surface area contributed by atoms with E-state index in [1.54, 1.807) is 24.3 Å². The second kappa shape index (κ2) is 8.20. The lowest BCUT2D eigenvalue weighted by atomic mass is 10.1. The van der Waals surface area contributed by atoms with Crippen LogP contribution in [0.25, 0.3) is 12.2 Å². The average molecular weight is 416 g/mol. The first-order valence-corrected chi connectivity index (χ1v) is 8.55. The van der Waals surface area contributed by atoms with Crippen LogP contribution in [-0.2, 0) is 6.18 Å². The van der Waals surface area contributed by atoms with Crippen LogP contribution < -0.4 is 4.74 Å². The van der Waals surface area contributed by atoms with Gasteiger partial charge in [-0.3, -0.25) is 0 Å². The van der Waals surface area contributed by atoms with E-state index in [1.807, 2.05) is 0 Å². The lowest BCUT2D eigenvalue weighted by Gasteiger charge is -2.10. The Hall–Kier alpha value is -3.94. The molecule has 0 spiro atoms. The smallest absolute Gasteiger partial charge is 0.416 e. The molecule has 5 nitrogen and oxygen atoms in total. The Labute approximate surface area is 168 Å². The normalized spacial score (nSPS) is 11.6. The highest BCUT2D eigenvalue weighted by molar-refractivity contribution is 5.94. The highest BCUT2D eigenvalue weighted by Gasteiger charge is 2.31. The van der Waals surface area contributed by atoms with Gasteiger partial charge >= 0.3 is 12.1 Å². The van der Waals surface area contributed by atoms with Gasteiger partial charge in [-0.25, -0.2) is 4.79 Å². The maximum atomic E-state index is 12.6. The molecule has 154 valence electrons. The van der Waals surface area contributed by atoms with Crippen LogP contribution in [0.1, 0.15) is 27.0 Å². The number of ether oxygens (including phenoxy) is 1. The SMILES string of the molecule is O=C(Oc1ccc(/C=C/c2cc(O)cc(O)c2)cc1)c1ccc(C(F)(F)F)cc1O. The van der Waals surface area contributed by atoms with Gasteiger partial charge in [0.2, 0.25) is 0 Å². The van der Waals surface area contributed by atoms with Crippen LogP contribution in [0, 0.1) is 0 Å². The molecule has 3 aromatic rings. The number of hydrogen-bond acceptors (Lipinski definition) is 5. The van der Waals surface area contributed by atoms with Crippen molar-refractivity contribution < 1.29 is 38.0 Å². The Bertz CT molecular complexity index is 1080. The minimum Gasteiger partial charge on any atom is -0.508 e. The number of phenolic OH excluding ortho intramolecular Hbond substituents is 3. The van der Waals surface area contributed by atoms with Crippen LogP contribution >= 0.6 is 0 Å². The van der Waals surface area contributed by atoms with E-state index in [-0.39, 0.29) is 17.2 Å². The molecule has 0 saturated heterocycles. The lowest BCUT2D eigenvalue weighted by Crippen LogP contribution is -2.10. The van der Waals surface area contributed by atoms with Gasteiger partial charge in [0, 0.05) is 6.07 Å². The number of alkyl halides is 3. The van der Waals surface area contributed by atoms with Crippen LogP contribution in [0.5, 0.6) is 23.0 Å². The highest BCUT2D eigenvalue weighted by atomic mass is 19.4. The van der Waals surface area contributed by atoms with Crippen molar-refractivity contribution in [2.75, 3.05) is 0 Å². The lowest BCUT2D eigenvalue weighted by molar-refractivity contribution is -0.137.